The van der Waals surface area contributed by atoms with E-state index in [0.717, 1.165) is 0 Å². The van der Waals surface area contributed by atoms with E-state index in [9.17, 15) is 19.5 Å². The van der Waals surface area contributed by atoms with Crippen LogP contribution in [0.5, 0.6) is 0 Å². The van der Waals surface area contributed by atoms with Crippen LogP contribution in [0.3, 0.4) is 0 Å². The maximum atomic E-state index is 14.2. The number of Topliss-reactive ketones (excluding diaryl/α,β-unsaturated/α-hetero) is 1. The van der Waals surface area contributed by atoms with E-state index in [1.165, 1.54) is 15.9 Å². The molecule has 9 heteroatoms. The third-order valence-electron chi connectivity index (χ3n) is 6.84. The molecule has 3 aliphatic heterocycles. The number of ether oxygens (including phenoxy) is 1. The number of hydrogen-bond acceptors (Lipinski definition) is 7. The van der Waals surface area contributed by atoms with Crippen molar-refractivity contribution >= 4 is 23.3 Å². The van der Waals surface area contributed by atoms with Gasteiger partial charge in [-0.25, -0.2) is 0 Å². The topological polar surface area (TPSA) is 104 Å². The van der Waals surface area contributed by atoms with Crippen molar-refractivity contribution in [2.75, 3.05) is 50.8 Å². The molecular weight excluding hydrogens is 450 g/mol. The molecule has 1 spiro atoms. The lowest BCUT2D eigenvalue weighted by Gasteiger charge is -2.37. The van der Waals surface area contributed by atoms with Crippen LogP contribution in [0.1, 0.15) is 21.9 Å². The molecule has 2 aromatic rings. The van der Waals surface area contributed by atoms with Crippen molar-refractivity contribution in [3.8, 4) is 0 Å². The average Bonchev–Trinajstić information content (AvgIpc) is 3.48. The Morgan fingerprint density at radius 1 is 1.14 bits per heavy atom. The molecule has 1 fully saturated rings. The number of nitrogens with zero attached hydrogens (tertiary/aromatic N) is 3. The summed E-state index contributed by atoms with van der Waals surface area (Å²) < 4.78 is 11.0. The predicted molar refractivity (Wildman–Crippen MR) is 127 cm³/mol. The summed E-state index contributed by atoms with van der Waals surface area (Å²) >= 11 is 0. The highest BCUT2D eigenvalue weighted by Gasteiger charge is 2.65. The SMILES string of the molecule is C=CCN1C(=O)C2(C(C(=O)c3ccc(C)o3)=C(O)C(=O)N2CCN2CCOCC2)c2ccccc21. The molecule has 1 aromatic heterocycles. The molecule has 1 aromatic carbocycles. The maximum Gasteiger partial charge on any atom is 0.290 e. The molecule has 1 atom stereocenters. The molecule has 2 amide bonds. The number of furan rings is 1. The summed E-state index contributed by atoms with van der Waals surface area (Å²) in [6, 6.07) is 10.1. The highest BCUT2D eigenvalue weighted by Crippen LogP contribution is 2.53. The zero-order chi connectivity index (χ0) is 24.7. The summed E-state index contributed by atoms with van der Waals surface area (Å²) in [5.74, 6) is -2.20. The number of carbonyl (C=O) groups excluding carboxylic acids is 3. The summed E-state index contributed by atoms with van der Waals surface area (Å²) in [6.45, 7) is 8.79. The number of ketones is 1. The number of para-hydroxylation sites is 1. The fourth-order valence-corrected chi connectivity index (χ4v) is 5.23. The quantitative estimate of drug-likeness (QED) is 0.482. The fraction of sp³-hybridized carbons (Fsp3) is 0.346. The molecule has 4 heterocycles. The number of aliphatic hydroxyl groups is 1. The molecule has 0 radical (unpaired) electrons. The highest BCUT2D eigenvalue weighted by atomic mass is 16.5. The summed E-state index contributed by atoms with van der Waals surface area (Å²) in [4.78, 5) is 46.4. The molecule has 3 aliphatic rings. The monoisotopic (exact) mass is 477 g/mol. The number of aliphatic hydroxyl groups excluding tert-OH is 1. The number of carbonyl (C=O) groups is 3. The molecular formula is C26H27N3O6. The van der Waals surface area contributed by atoms with E-state index >= 15 is 0 Å². The van der Waals surface area contributed by atoms with Crippen LogP contribution in [0.4, 0.5) is 5.69 Å². The number of anilines is 1. The van der Waals surface area contributed by atoms with Crippen molar-refractivity contribution in [2.45, 2.75) is 12.5 Å². The molecule has 5 rings (SSSR count). The van der Waals surface area contributed by atoms with Gasteiger partial charge >= 0.3 is 0 Å². The minimum atomic E-state index is -1.80. The van der Waals surface area contributed by atoms with E-state index in [1.807, 2.05) is 0 Å². The van der Waals surface area contributed by atoms with Gasteiger partial charge in [-0.3, -0.25) is 19.3 Å². The second-order valence-electron chi connectivity index (χ2n) is 8.81. The van der Waals surface area contributed by atoms with Crippen molar-refractivity contribution in [1.29, 1.82) is 0 Å². The Morgan fingerprint density at radius 3 is 2.57 bits per heavy atom. The Hall–Kier alpha value is -3.69. The molecule has 1 unspecified atom stereocenters. The molecule has 1 N–H and O–H groups in total. The summed E-state index contributed by atoms with van der Waals surface area (Å²) in [5, 5.41) is 11.1. The molecule has 9 nitrogen and oxygen atoms in total. The van der Waals surface area contributed by atoms with Gasteiger partial charge in [0.05, 0.1) is 24.5 Å². The lowest BCUT2D eigenvalue weighted by molar-refractivity contribution is -0.140. The van der Waals surface area contributed by atoms with Crippen LogP contribution in [0.15, 0.2) is 64.8 Å². The molecule has 1 saturated heterocycles. The Morgan fingerprint density at radius 2 is 1.89 bits per heavy atom. The van der Waals surface area contributed by atoms with Gasteiger partial charge in [-0.05, 0) is 25.1 Å². The van der Waals surface area contributed by atoms with Crippen LogP contribution in [0.25, 0.3) is 0 Å². The molecule has 0 bridgehead atoms. The van der Waals surface area contributed by atoms with Crippen LogP contribution in [0, 0.1) is 6.92 Å². The van der Waals surface area contributed by atoms with Gasteiger partial charge in [0.2, 0.25) is 5.78 Å². The Kier molecular flexibility index (Phi) is 5.82. The van der Waals surface area contributed by atoms with Crippen molar-refractivity contribution in [2.24, 2.45) is 0 Å². The van der Waals surface area contributed by atoms with Crippen molar-refractivity contribution in [3.63, 3.8) is 0 Å². The summed E-state index contributed by atoms with van der Waals surface area (Å²) in [6.07, 6.45) is 1.59. The number of morpholine rings is 1. The minimum absolute atomic E-state index is 0.0429. The van der Waals surface area contributed by atoms with Gasteiger partial charge in [0.25, 0.3) is 11.8 Å². The number of hydrogen-bond donors (Lipinski definition) is 1. The van der Waals surface area contributed by atoms with Crippen molar-refractivity contribution in [3.05, 3.63) is 77.5 Å². The van der Waals surface area contributed by atoms with Crippen LogP contribution in [-0.2, 0) is 19.9 Å². The van der Waals surface area contributed by atoms with Crippen LogP contribution in [0.2, 0.25) is 0 Å². The van der Waals surface area contributed by atoms with E-state index in [-0.39, 0.29) is 24.4 Å². The minimum Gasteiger partial charge on any atom is -0.503 e. The third kappa shape index (κ3) is 3.42. The van der Waals surface area contributed by atoms with Gasteiger partial charge in [-0.2, -0.15) is 0 Å². The molecule has 0 saturated carbocycles. The van der Waals surface area contributed by atoms with Gasteiger partial charge in [0, 0.05) is 38.3 Å². The largest absolute Gasteiger partial charge is 0.503 e. The van der Waals surface area contributed by atoms with Crippen molar-refractivity contribution in [1.82, 2.24) is 9.80 Å². The molecule has 0 aliphatic carbocycles. The van der Waals surface area contributed by atoms with Crippen molar-refractivity contribution < 1.29 is 28.6 Å². The number of rotatable bonds is 7. The fourth-order valence-electron chi connectivity index (χ4n) is 5.23. The molecule has 182 valence electrons. The number of aryl methyl sites for hydroxylation is 1. The smallest absolute Gasteiger partial charge is 0.290 e. The first kappa shape index (κ1) is 23.1. The van der Waals surface area contributed by atoms with E-state index in [4.69, 9.17) is 9.15 Å². The van der Waals surface area contributed by atoms with E-state index in [0.29, 0.717) is 49.9 Å². The lowest BCUT2D eigenvalue weighted by Crippen LogP contribution is -2.56. The van der Waals surface area contributed by atoms with Gasteiger partial charge < -0.3 is 24.1 Å². The standard InChI is InChI=1S/C26H27N3O6/c1-3-10-28-19-7-5-4-6-18(19)26(25(28)33)21(22(30)20-9-8-17(2)35-20)23(31)24(32)29(26)12-11-27-13-15-34-16-14-27/h3-9,31H,1,10-16H2,2H3. The second-order valence-corrected chi connectivity index (χ2v) is 8.81. The number of benzene rings is 1. The first-order valence-corrected chi connectivity index (χ1v) is 11.6. The number of fused-ring (bicyclic) bond motifs is 2. The first-order chi connectivity index (χ1) is 16.9. The highest BCUT2D eigenvalue weighted by molar-refractivity contribution is 6.25. The van der Waals surface area contributed by atoms with Crippen LogP contribution >= 0.6 is 0 Å². The number of amides is 2. The first-order valence-electron chi connectivity index (χ1n) is 11.6. The normalized spacial score (nSPS) is 22.4. The van der Waals surface area contributed by atoms with Crippen LogP contribution < -0.4 is 4.90 Å². The Bertz CT molecular complexity index is 1240. The van der Waals surface area contributed by atoms with Gasteiger partial charge in [-0.15, -0.1) is 6.58 Å². The maximum absolute atomic E-state index is 14.2. The summed E-state index contributed by atoms with van der Waals surface area (Å²) in [5.41, 5.74) is -1.04. The zero-order valence-corrected chi connectivity index (χ0v) is 19.5. The van der Waals surface area contributed by atoms with E-state index in [1.54, 1.807) is 43.3 Å². The second kappa shape index (κ2) is 8.83. The predicted octanol–water partition coefficient (Wildman–Crippen LogP) is 2.19. The van der Waals surface area contributed by atoms with Crippen LogP contribution in [-0.4, -0.2) is 78.4 Å². The van der Waals surface area contributed by atoms with Gasteiger partial charge in [-0.1, -0.05) is 24.3 Å². The Balaban J connectivity index is 1.66. The average molecular weight is 478 g/mol. The lowest BCUT2D eigenvalue weighted by atomic mass is 9.81. The zero-order valence-electron chi connectivity index (χ0n) is 19.5. The van der Waals surface area contributed by atoms with E-state index in [2.05, 4.69) is 11.5 Å². The van der Waals surface area contributed by atoms with Gasteiger partial charge in [0.15, 0.2) is 17.1 Å². The summed E-state index contributed by atoms with van der Waals surface area (Å²) in [7, 11) is 0. The van der Waals surface area contributed by atoms with Gasteiger partial charge in [0.1, 0.15) is 5.76 Å². The third-order valence-corrected chi connectivity index (χ3v) is 6.84. The van der Waals surface area contributed by atoms with E-state index < -0.39 is 28.9 Å². The molecule has 35 heavy (non-hydrogen) atoms. The Labute approximate surface area is 202 Å².